The molecule has 1 heterocycles. The van der Waals surface area contributed by atoms with Gasteiger partial charge in [0.25, 0.3) is 0 Å². The molecule has 0 spiro atoms. The normalized spacial score (nSPS) is 14.7. The van der Waals surface area contributed by atoms with Crippen molar-refractivity contribution in [3.63, 3.8) is 0 Å². The zero-order valence-electron chi connectivity index (χ0n) is 12.8. The van der Waals surface area contributed by atoms with Crippen LogP contribution in [0.3, 0.4) is 0 Å². The van der Waals surface area contributed by atoms with Crippen LogP contribution in [0.1, 0.15) is 43.1 Å². The number of fused-ring (bicyclic) bond motifs is 1. The molecular weight excluding hydrogens is 268 g/mol. The van der Waals surface area contributed by atoms with Gasteiger partial charge in [-0.3, -0.25) is 4.79 Å². The average molecular weight is 290 g/mol. The molecule has 0 bridgehead atoms. The highest BCUT2D eigenvalue weighted by atomic mass is 16.4. The molecule has 1 aliphatic rings. The van der Waals surface area contributed by atoms with Crippen LogP contribution in [-0.2, 0) is 11.2 Å². The van der Waals surface area contributed by atoms with Crippen LogP contribution in [0.2, 0.25) is 0 Å². The van der Waals surface area contributed by atoms with Gasteiger partial charge in [0.1, 0.15) is 0 Å². The van der Waals surface area contributed by atoms with Crippen LogP contribution in [0, 0.1) is 0 Å². The highest BCUT2D eigenvalue weighted by molar-refractivity contribution is 5.99. The first kappa shape index (κ1) is 15.5. The molecule has 0 fully saturated rings. The van der Waals surface area contributed by atoms with Gasteiger partial charge in [-0.25, -0.2) is 4.79 Å². The first-order valence-corrected chi connectivity index (χ1v) is 7.20. The lowest BCUT2D eigenvalue weighted by Crippen LogP contribution is -2.46. The Balaban J connectivity index is 2.24. The molecule has 21 heavy (non-hydrogen) atoms. The Hall–Kier alpha value is -1.88. The quantitative estimate of drug-likeness (QED) is 0.894. The summed E-state index contributed by atoms with van der Waals surface area (Å²) in [5, 5.41) is 12.4. The Morgan fingerprint density at radius 3 is 2.67 bits per heavy atom. The van der Waals surface area contributed by atoms with E-state index in [0.29, 0.717) is 18.5 Å². The Kier molecular flexibility index (Phi) is 4.32. The van der Waals surface area contributed by atoms with Gasteiger partial charge in [-0.2, -0.15) is 0 Å². The number of rotatable bonds is 3. The Morgan fingerprint density at radius 2 is 2.05 bits per heavy atom. The van der Waals surface area contributed by atoms with E-state index in [4.69, 9.17) is 0 Å². The predicted molar refractivity (Wildman–Crippen MR) is 81.8 cm³/mol. The molecular formula is C16H22N2O3. The van der Waals surface area contributed by atoms with E-state index in [2.05, 4.69) is 5.32 Å². The van der Waals surface area contributed by atoms with Crippen molar-refractivity contribution in [1.82, 2.24) is 5.32 Å². The van der Waals surface area contributed by atoms with E-state index in [1.54, 1.807) is 17.0 Å². The largest absolute Gasteiger partial charge is 0.478 e. The number of carbonyl (C=O) groups excluding carboxylic acids is 1. The van der Waals surface area contributed by atoms with E-state index in [-0.39, 0.29) is 18.0 Å². The number of hydrogen-bond donors (Lipinski definition) is 2. The van der Waals surface area contributed by atoms with E-state index in [9.17, 15) is 14.7 Å². The molecule has 1 aromatic carbocycles. The van der Waals surface area contributed by atoms with Gasteiger partial charge in [0, 0.05) is 17.8 Å². The molecule has 2 N–H and O–H groups in total. The number of nitrogens with one attached hydrogen (secondary N) is 1. The molecule has 5 nitrogen and oxygen atoms in total. The van der Waals surface area contributed by atoms with Crippen LogP contribution in [0.5, 0.6) is 0 Å². The van der Waals surface area contributed by atoms with Gasteiger partial charge in [-0.15, -0.1) is 0 Å². The summed E-state index contributed by atoms with van der Waals surface area (Å²) in [4.78, 5) is 25.4. The topological polar surface area (TPSA) is 69.6 Å². The Morgan fingerprint density at radius 1 is 1.33 bits per heavy atom. The molecule has 0 atom stereocenters. The molecule has 0 unspecified atom stereocenters. The summed E-state index contributed by atoms with van der Waals surface area (Å²) in [6.45, 7) is 6.91. The standard InChI is InChI=1S/C16H22N2O3/c1-16(2,3)17-10-14(19)18-9-5-7-11-12(15(20)21)6-4-8-13(11)18/h4,6,8,17H,5,7,9-10H2,1-3H3,(H,20,21). The first-order valence-electron chi connectivity index (χ1n) is 7.20. The maximum Gasteiger partial charge on any atom is 0.336 e. The molecule has 1 aliphatic heterocycles. The third-order valence-corrected chi connectivity index (χ3v) is 3.55. The SMILES string of the molecule is CC(C)(C)NCC(=O)N1CCCc2c(C(=O)O)cccc21. The fourth-order valence-corrected chi connectivity index (χ4v) is 2.52. The number of carbonyl (C=O) groups is 2. The molecule has 114 valence electrons. The van der Waals surface area contributed by atoms with Gasteiger partial charge in [0.2, 0.25) is 5.91 Å². The van der Waals surface area contributed by atoms with E-state index >= 15 is 0 Å². The first-order chi connectivity index (χ1) is 9.79. The lowest BCUT2D eigenvalue weighted by molar-refractivity contribution is -0.118. The maximum absolute atomic E-state index is 12.4. The summed E-state index contributed by atoms with van der Waals surface area (Å²) in [7, 11) is 0. The van der Waals surface area contributed by atoms with Gasteiger partial charge in [0.05, 0.1) is 12.1 Å². The molecule has 0 radical (unpaired) electrons. The smallest absolute Gasteiger partial charge is 0.336 e. The van der Waals surface area contributed by atoms with Crippen molar-refractivity contribution in [3.8, 4) is 0 Å². The van der Waals surface area contributed by atoms with Crippen LogP contribution in [0.15, 0.2) is 18.2 Å². The molecule has 5 heteroatoms. The third-order valence-electron chi connectivity index (χ3n) is 3.55. The third kappa shape index (κ3) is 3.61. The number of benzene rings is 1. The maximum atomic E-state index is 12.4. The number of nitrogens with zero attached hydrogens (tertiary/aromatic N) is 1. The van der Waals surface area contributed by atoms with Crippen LogP contribution < -0.4 is 10.2 Å². The molecule has 0 aromatic heterocycles. The van der Waals surface area contributed by atoms with Gasteiger partial charge in [0.15, 0.2) is 0 Å². The number of aromatic carboxylic acids is 1. The lowest BCUT2D eigenvalue weighted by atomic mass is 9.96. The molecule has 0 saturated heterocycles. The van der Waals surface area contributed by atoms with Crippen LogP contribution in [-0.4, -0.2) is 35.6 Å². The number of carboxylic acid groups (broad SMARTS) is 1. The average Bonchev–Trinajstić information content (AvgIpc) is 2.42. The van der Waals surface area contributed by atoms with E-state index in [0.717, 1.165) is 17.7 Å². The van der Waals surface area contributed by atoms with Gasteiger partial charge in [-0.05, 0) is 51.3 Å². The van der Waals surface area contributed by atoms with E-state index < -0.39 is 5.97 Å². The second-order valence-electron chi connectivity index (χ2n) is 6.36. The number of hydrogen-bond acceptors (Lipinski definition) is 3. The van der Waals surface area contributed by atoms with Crippen molar-refractivity contribution in [3.05, 3.63) is 29.3 Å². The summed E-state index contributed by atoms with van der Waals surface area (Å²) in [5.74, 6) is -0.956. The van der Waals surface area contributed by atoms with Crippen molar-refractivity contribution >= 4 is 17.6 Å². The Labute approximate surface area is 125 Å². The molecule has 0 aliphatic carbocycles. The second kappa shape index (κ2) is 5.85. The second-order valence-corrected chi connectivity index (χ2v) is 6.36. The highest BCUT2D eigenvalue weighted by Gasteiger charge is 2.26. The zero-order chi connectivity index (χ0) is 15.6. The molecule has 1 aromatic rings. The van der Waals surface area contributed by atoms with Crippen molar-refractivity contribution in [2.45, 2.75) is 39.2 Å². The minimum Gasteiger partial charge on any atom is -0.478 e. The minimum absolute atomic E-state index is 0.0200. The van der Waals surface area contributed by atoms with Crippen molar-refractivity contribution in [2.75, 3.05) is 18.0 Å². The summed E-state index contributed by atoms with van der Waals surface area (Å²) < 4.78 is 0. The highest BCUT2D eigenvalue weighted by Crippen LogP contribution is 2.30. The van der Waals surface area contributed by atoms with Gasteiger partial charge < -0.3 is 15.3 Å². The number of amides is 1. The number of carboxylic acids is 1. The van der Waals surface area contributed by atoms with Crippen molar-refractivity contribution in [1.29, 1.82) is 0 Å². The van der Waals surface area contributed by atoms with Crippen LogP contribution in [0.4, 0.5) is 5.69 Å². The van der Waals surface area contributed by atoms with Gasteiger partial charge in [-0.1, -0.05) is 6.07 Å². The fourth-order valence-electron chi connectivity index (χ4n) is 2.52. The Bertz CT molecular complexity index is 561. The summed E-state index contributed by atoms with van der Waals surface area (Å²) in [6, 6.07) is 5.13. The van der Waals surface area contributed by atoms with Gasteiger partial charge >= 0.3 is 5.97 Å². The summed E-state index contributed by atoms with van der Waals surface area (Å²) in [6.07, 6.45) is 1.49. The van der Waals surface area contributed by atoms with Crippen LogP contribution in [0.25, 0.3) is 0 Å². The molecule has 0 saturated carbocycles. The monoisotopic (exact) mass is 290 g/mol. The predicted octanol–water partition coefficient (Wildman–Crippen LogP) is 2.05. The van der Waals surface area contributed by atoms with Crippen LogP contribution >= 0.6 is 0 Å². The molecule has 1 amide bonds. The van der Waals surface area contributed by atoms with Crippen molar-refractivity contribution in [2.24, 2.45) is 0 Å². The fraction of sp³-hybridized carbons (Fsp3) is 0.500. The minimum atomic E-state index is -0.936. The van der Waals surface area contributed by atoms with E-state index in [1.165, 1.54) is 0 Å². The van der Waals surface area contributed by atoms with Crippen molar-refractivity contribution < 1.29 is 14.7 Å². The zero-order valence-corrected chi connectivity index (χ0v) is 12.8. The van der Waals surface area contributed by atoms with E-state index in [1.807, 2.05) is 26.8 Å². The summed E-state index contributed by atoms with van der Waals surface area (Å²) >= 11 is 0. The lowest BCUT2D eigenvalue weighted by Gasteiger charge is -2.31. The summed E-state index contributed by atoms with van der Waals surface area (Å²) in [5.41, 5.74) is 1.67. The number of anilines is 1. The molecule has 2 rings (SSSR count).